The molecule has 0 atom stereocenters. The summed E-state index contributed by atoms with van der Waals surface area (Å²) in [7, 11) is 0. The van der Waals surface area contributed by atoms with Crippen LogP contribution in [0.5, 0.6) is 0 Å². The number of hydrogen-bond acceptors (Lipinski definition) is 5. The minimum atomic E-state index is -0.307. The first-order chi connectivity index (χ1) is 13.6. The first-order valence-electron chi connectivity index (χ1n) is 9.58. The third-order valence-electron chi connectivity index (χ3n) is 4.52. The first kappa shape index (κ1) is 20.6. The summed E-state index contributed by atoms with van der Waals surface area (Å²) in [5.74, 6) is 1.30. The Labute approximate surface area is 169 Å². The van der Waals surface area contributed by atoms with Crippen molar-refractivity contribution >= 4 is 23.5 Å². The van der Waals surface area contributed by atoms with Crippen LogP contribution in [0.3, 0.4) is 0 Å². The summed E-state index contributed by atoms with van der Waals surface area (Å²) in [6.07, 6.45) is 0.998. The lowest BCUT2D eigenvalue weighted by atomic mass is 10.1. The molecule has 1 saturated heterocycles. The minimum absolute atomic E-state index is 0.179. The van der Waals surface area contributed by atoms with Gasteiger partial charge in [0.1, 0.15) is 16.7 Å². The molecule has 1 aromatic carbocycles. The molecule has 1 aromatic heterocycles. The van der Waals surface area contributed by atoms with E-state index in [4.69, 9.17) is 9.72 Å². The molecule has 0 unspecified atom stereocenters. The van der Waals surface area contributed by atoms with Gasteiger partial charge in [0.05, 0.1) is 18.8 Å². The van der Waals surface area contributed by atoms with Crippen LogP contribution in [0.4, 0.5) is 10.2 Å². The van der Waals surface area contributed by atoms with Gasteiger partial charge in [-0.15, -0.1) is 11.8 Å². The largest absolute Gasteiger partial charge is 0.378 e. The number of ether oxygens (including phenoxy) is 1. The van der Waals surface area contributed by atoms with E-state index < -0.39 is 0 Å². The minimum Gasteiger partial charge on any atom is -0.378 e. The molecule has 0 radical (unpaired) electrons. The molecule has 0 bridgehead atoms. The van der Waals surface area contributed by atoms with Gasteiger partial charge in [0, 0.05) is 19.6 Å². The number of aromatic nitrogens is 1. The van der Waals surface area contributed by atoms with Crippen molar-refractivity contribution in [3.63, 3.8) is 0 Å². The van der Waals surface area contributed by atoms with Gasteiger partial charge >= 0.3 is 0 Å². The fourth-order valence-corrected chi connectivity index (χ4v) is 4.03. The van der Waals surface area contributed by atoms with Crippen LogP contribution in [0.15, 0.2) is 35.4 Å². The van der Waals surface area contributed by atoms with E-state index in [1.807, 2.05) is 13.0 Å². The van der Waals surface area contributed by atoms with Gasteiger partial charge in [0.25, 0.3) is 5.91 Å². The summed E-state index contributed by atoms with van der Waals surface area (Å²) in [5, 5.41) is 3.66. The summed E-state index contributed by atoms with van der Waals surface area (Å²) in [4.78, 5) is 19.9. The van der Waals surface area contributed by atoms with Crippen LogP contribution in [0.25, 0.3) is 0 Å². The second-order valence-corrected chi connectivity index (χ2v) is 7.82. The number of morpholine rings is 1. The van der Waals surface area contributed by atoms with Crippen molar-refractivity contribution in [3.8, 4) is 0 Å². The Balaban J connectivity index is 1.81. The summed E-state index contributed by atoms with van der Waals surface area (Å²) in [6.45, 7) is 7.31. The molecular weight excluding hydrogens is 377 g/mol. The van der Waals surface area contributed by atoms with Gasteiger partial charge < -0.3 is 15.0 Å². The number of pyridine rings is 1. The van der Waals surface area contributed by atoms with E-state index in [-0.39, 0.29) is 18.3 Å². The van der Waals surface area contributed by atoms with Crippen LogP contribution in [0.1, 0.15) is 34.8 Å². The lowest BCUT2D eigenvalue weighted by Gasteiger charge is -2.29. The summed E-state index contributed by atoms with van der Waals surface area (Å²) < 4.78 is 18.8. The summed E-state index contributed by atoms with van der Waals surface area (Å²) in [6, 6.07) is 8.23. The molecule has 0 aliphatic carbocycles. The number of carbonyl (C=O) groups excluding carboxylic acids is 1. The Kier molecular flexibility index (Phi) is 7.28. The second kappa shape index (κ2) is 9.89. The van der Waals surface area contributed by atoms with Crippen LogP contribution in [-0.4, -0.2) is 42.9 Å². The highest BCUT2D eigenvalue weighted by Gasteiger charge is 2.21. The molecule has 1 fully saturated rings. The van der Waals surface area contributed by atoms with Crippen molar-refractivity contribution in [2.45, 2.75) is 31.8 Å². The number of benzene rings is 1. The lowest BCUT2D eigenvalue weighted by Crippen LogP contribution is -2.37. The highest BCUT2D eigenvalue weighted by atomic mass is 32.2. The number of amides is 1. The Morgan fingerprint density at radius 2 is 2.11 bits per heavy atom. The fourth-order valence-electron chi connectivity index (χ4n) is 3.08. The number of thioether (sulfide) groups is 1. The van der Waals surface area contributed by atoms with Gasteiger partial charge in [-0.25, -0.2) is 9.37 Å². The molecule has 7 heteroatoms. The predicted octanol–water partition coefficient (Wildman–Crippen LogP) is 3.80. The Morgan fingerprint density at radius 3 is 2.82 bits per heavy atom. The van der Waals surface area contributed by atoms with Crippen molar-refractivity contribution in [3.05, 3.63) is 52.8 Å². The van der Waals surface area contributed by atoms with E-state index >= 15 is 0 Å². The Bertz CT molecular complexity index is 825. The second-order valence-electron chi connectivity index (χ2n) is 6.74. The standard InChI is InChI=1S/C21H26FN3O2S/c1-3-11-28-21-19(20(26)23-14-16-5-4-6-17(22)13-16)15(2)12-18(24-21)25-7-9-27-10-8-25/h4-6,12-13H,3,7-11,14H2,1-2H3,(H,23,26). The number of carbonyl (C=O) groups is 1. The topological polar surface area (TPSA) is 54.5 Å². The average Bonchev–Trinajstić information content (AvgIpc) is 2.71. The van der Waals surface area contributed by atoms with Crippen LogP contribution >= 0.6 is 11.8 Å². The SMILES string of the molecule is CCCSc1nc(N2CCOCC2)cc(C)c1C(=O)NCc1cccc(F)c1. The molecular formula is C21H26FN3O2S. The Morgan fingerprint density at radius 1 is 1.32 bits per heavy atom. The van der Waals surface area contributed by atoms with Crippen LogP contribution < -0.4 is 10.2 Å². The third-order valence-corrected chi connectivity index (χ3v) is 5.70. The van der Waals surface area contributed by atoms with E-state index in [1.54, 1.807) is 23.9 Å². The van der Waals surface area contributed by atoms with Crippen LogP contribution in [0.2, 0.25) is 0 Å². The van der Waals surface area contributed by atoms with Gasteiger partial charge in [-0.1, -0.05) is 19.1 Å². The quantitative estimate of drug-likeness (QED) is 0.713. The van der Waals surface area contributed by atoms with E-state index in [0.29, 0.717) is 18.8 Å². The number of anilines is 1. The number of halogens is 1. The van der Waals surface area contributed by atoms with E-state index in [1.165, 1.54) is 12.1 Å². The lowest BCUT2D eigenvalue weighted by molar-refractivity contribution is 0.0946. The maximum absolute atomic E-state index is 13.4. The zero-order valence-electron chi connectivity index (χ0n) is 16.3. The molecule has 0 saturated carbocycles. The van der Waals surface area contributed by atoms with Crippen molar-refractivity contribution in [1.82, 2.24) is 10.3 Å². The molecule has 2 aromatic rings. The van der Waals surface area contributed by atoms with E-state index in [0.717, 1.165) is 47.2 Å². The van der Waals surface area contributed by atoms with Crippen molar-refractivity contribution in [2.75, 3.05) is 37.0 Å². The maximum Gasteiger partial charge on any atom is 0.254 e. The van der Waals surface area contributed by atoms with E-state index in [9.17, 15) is 9.18 Å². The molecule has 1 aliphatic rings. The zero-order valence-corrected chi connectivity index (χ0v) is 17.2. The molecule has 28 heavy (non-hydrogen) atoms. The van der Waals surface area contributed by atoms with Gasteiger partial charge in [-0.05, 0) is 48.4 Å². The molecule has 1 N–H and O–H groups in total. The van der Waals surface area contributed by atoms with Gasteiger partial charge in [-0.2, -0.15) is 0 Å². The summed E-state index contributed by atoms with van der Waals surface area (Å²) >= 11 is 1.60. The van der Waals surface area contributed by atoms with Crippen LogP contribution in [0, 0.1) is 12.7 Å². The number of nitrogens with zero attached hydrogens (tertiary/aromatic N) is 2. The molecule has 3 rings (SSSR count). The molecule has 2 heterocycles. The molecule has 1 amide bonds. The number of aryl methyl sites for hydroxylation is 1. The molecule has 5 nitrogen and oxygen atoms in total. The highest BCUT2D eigenvalue weighted by molar-refractivity contribution is 7.99. The number of nitrogens with one attached hydrogen (secondary N) is 1. The van der Waals surface area contributed by atoms with Crippen molar-refractivity contribution in [1.29, 1.82) is 0 Å². The fraction of sp³-hybridized carbons (Fsp3) is 0.429. The first-order valence-corrected chi connectivity index (χ1v) is 10.6. The maximum atomic E-state index is 13.4. The van der Waals surface area contributed by atoms with E-state index in [2.05, 4.69) is 17.1 Å². The van der Waals surface area contributed by atoms with Gasteiger partial charge in [0.2, 0.25) is 0 Å². The smallest absolute Gasteiger partial charge is 0.254 e. The highest BCUT2D eigenvalue weighted by Crippen LogP contribution is 2.28. The van der Waals surface area contributed by atoms with Crippen molar-refractivity contribution < 1.29 is 13.9 Å². The molecule has 150 valence electrons. The number of hydrogen-bond donors (Lipinski definition) is 1. The average molecular weight is 404 g/mol. The molecule has 1 aliphatic heterocycles. The number of rotatable bonds is 7. The van der Waals surface area contributed by atoms with Crippen LogP contribution in [-0.2, 0) is 11.3 Å². The monoisotopic (exact) mass is 403 g/mol. The predicted molar refractivity (Wildman–Crippen MR) is 111 cm³/mol. The third kappa shape index (κ3) is 5.23. The zero-order chi connectivity index (χ0) is 19.9. The Hall–Kier alpha value is -2.12. The van der Waals surface area contributed by atoms with Gasteiger partial charge in [0.15, 0.2) is 0 Å². The normalized spacial score (nSPS) is 14.2. The van der Waals surface area contributed by atoms with Gasteiger partial charge in [-0.3, -0.25) is 4.79 Å². The van der Waals surface area contributed by atoms with Crippen molar-refractivity contribution in [2.24, 2.45) is 0 Å². The summed E-state index contributed by atoms with van der Waals surface area (Å²) in [5.41, 5.74) is 2.23. The molecule has 0 spiro atoms.